The molecule has 0 aliphatic carbocycles. The van der Waals surface area contributed by atoms with Crippen molar-refractivity contribution in [3.63, 3.8) is 0 Å². The van der Waals surface area contributed by atoms with E-state index < -0.39 is 12.4 Å². The van der Waals surface area contributed by atoms with Crippen molar-refractivity contribution in [2.75, 3.05) is 0 Å². The van der Waals surface area contributed by atoms with E-state index in [0.29, 0.717) is 28.5 Å². The maximum Gasteiger partial charge on any atom is 0.573 e. The highest BCUT2D eigenvalue weighted by molar-refractivity contribution is 7.14. The van der Waals surface area contributed by atoms with Crippen LogP contribution in [-0.2, 0) is 17.8 Å². The van der Waals surface area contributed by atoms with Crippen molar-refractivity contribution < 1.29 is 22.7 Å². The fraction of sp³-hybridized carbons (Fsp3) is 0.263. The molecule has 11 heteroatoms. The molecular formula is C19H18F3N5O2S. The summed E-state index contributed by atoms with van der Waals surface area (Å²) in [6.45, 7) is 1.72. The number of carbonyl (C=O) groups is 1. The molecule has 3 N–H and O–H groups in total. The quantitative estimate of drug-likeness (QED) is 0.588. The van der Waals surface area contributed by atoms with E-state index in [1.165, 1.54) is 36.5 Å². The SMILES string of the molecule is CC(=O)NC(Cc1ccc(CN)nc1)c1nnc(-c2cccc(OC(F)(F)F)c2)s1. The van der Waals surface area contributed by atoms with E-state index in [-0.39, 0.29) is 11.7 Å². The third kappa shape index (κ3) is 5.97. The van der Waals surface area contributed by atoms with Crippen LogP contribution in [0.1, 0.15) is 29.2 Å². The van der Waals surface area contributed by atoms with Crippen LogP contribution in [0.15, 0.2) is 42.6 Å². The number of amides is 1. The van der Waals surface area contributed by atoms with Crippen molar-refractivity contribution in [2.45, 2.75) is 32.3 Å². The molecular weight excluding hydrogens is 419 g/mol. The molecule has 0 aliphatic rings. The number of nitrogens with zero attached hydrogens (tertiary/aromatic N) is 3. The van der Waals surface area contributed by atoms with Gasteiger partial charge in [0.2, 0.25) is 5.91 Å². The molecule has 1 atom stereocenters. The number of halogens is 3. The van der Waals surface area contributed by atoms with E-state index in [1.807, 2.05) is 6.07 Å². The molecule has 30 heavy (non-hydrogen) atoms. The Kier molecular flexibility index (Phi) is 6.63. The first-order valence-corrected chi connectivity index (χ1v) is 9.65. The van der Waals surface area contributed by atoms with Gasteiger partial charge in [0.05, 0.1) is 11.7 Å². The summed E-state index contributed by atoms with van der Waals surface area (Å²) >= 11 is 1.18. The van der Waals surface area contributed by atoms with Gasteiger partial charge < -0.3 is 15.8 Å². The summed E-state index contributed by atoms with van der Waals surface area (Å²) in [5.74, 6) is -0.593. The number of rotatable bonds is 7. The first-order valence-electron chi connectivity index (χ1n) is 8.84. The van der Waals surface area contributed by atoms with Crippen LogP contribution in [0, 0.1) is 0 Å². The molecule has 0 bridgehead atoms. The molecule has 3 aromatic rings. The van der Waals surface area contributed by atoms with E-state index >= 15 is 0 Å². The zero-order valence-electron chi connectivity index (χ0n) is 15.8. The highest BCUT2D eigenvalue weighted by Crippen LogP contribution is 2.32. The molecule has 1 amide bonds. The Morgan fingerprint density at radius 1 is 1.27 bits per heavy atom. The van der Waals surface area contributed by atoms with Crippen LogP contribution in [0.25, 0.3) is 10.6 Å². The number of hydrogen-bond acceptors (Lipinski definition) is 7. The lowest BCUT2D eigenvalue weighted by Crippen LogP contribution is -2.27. The van der Waals surface area contributed by atoms with E-state index in [4.69, 9.17) is 5.73 Å². The maximum absolute atomic E-state index is 12.5. The molecule has 1 aromatic carbocycles. The Morgan fingerprint density at radius 3 is 2.70 bits per heavy atom. The molecule has 0 aliphatic heterocycles. The molecule has 0 saturated heterocycles. The summed E-state index contributed by atoms with van der Waals surface area (Å²) in [5.41, 5.74) is 7.59. The summed E-state index contributed by atoms with van der Waals surface area (Å²) in [4.78, 5) is 15.9. The largest absolute Gasteiger partial charge is 0.573 e. The smallest absolute Gasteiger partial charge is 0.406 e. The fourth-order valence-electron chi connectivity index (χ4n) is 2.70. The number of ether oxygens (including phenoxy) is 1. The minimum Gasteiger partial charge on any atom is -0.406 e. The number of carbonyl (C=O) groups excluding carboxylic acids is 1. The molecule has 0 saturated carbocycles. The predicted molar refractivity (Wildman–Crippen MR) is 104 cm³/mol. The molecule has 3 rings (SSSR count). The monoisotopic (exact) mass is 437 g/mol. The molecule has 158 valence electrons. The second kappa shape index (κ2) is 9.18. The van der Waals surface area contributed by atoms with Gasteiger partial charge in [-0.05, 0) is 23.8 Å². The van der Waals surface area contributed by atoms with E-state index in [0.717, 1.165) is 11.3 Å². The second-order valence-electron chi connectivity index (χ2n) is 6.34. The Morgan fingerprint density at radius 2 is 2.07 bits per heavy atom. The highest BCUT2D eigenvalue weighted by Gasteiger charge is 2.31. The van der Waals surface area contributed by atoms with Crippen LogP contribution in [0.2, 0.25) is 0 Å². The first kappa shape index (κ1) is 21.7. The van der Waals surface area contributed by atoms with Crippen LogP contribution in [0.3, 0.4) is 0 Å². The van der Waals surface area contributed by atoms with Gasteiger partial charge in [-0.2, -0.15) is 0 Å². The maximum atomic E-state index is 12.5. The van der Waals surface area contributed by atoms with Gasteiger partial charge in [0.15, 0.2) is 0 Å². The first-order chi connectivity index (χ1) is 14.2. The van der Waals surface area contributed by atoms with Crippen LogP contribution < -0.4 is 15.8 Å². The number of benzene rings is 1. The number of hydrogen-bond donors (Lipinski definition) is 2. The van der Waals surface area contributed by atoms with Crippen LogP contribution in [0.4, 0.5) is 13.2 Å². The molecule has 2 heterocycles. The normalized spacial score (nSPS) is 12.4. The zero-order chi connectivity index (χ0) is 21.7. The van der Waals surface area contributed by atoms with Gasteiger partial charge in [-0.3, -0.25) is 9.78 Å². The number of nitrogens with two attached hydrogens (primary N) is 1. The lowest BCUT2D eigenvalue weighted by molar-refractivity contribution is -0.274. The van der Waals surface area contributed by atoms with Crippen molar-refractivity contribution in [3.8, 4) is 16.3 Å². The predicted octanol–water partition coefficient (Wildman–Crippen LogP) is 3.38. The number of alkyl halides is 3. The Balaban J connectivity index is 1.83. The van der Waals surface area contributed by atoms with Crippen LogP contribution >= 0.6 is 11.3 Å². The summed E-state index contributed by atoms with van der Waals surface area (Å²) in [5, 5.41) is 11.9. The zero-order valence-corrected chi connectivity index (χ0v) is 16.6. The number of aromatic nitrogens is 3. The topological polar surface area (TPSA) is 103 Å². The Bertz CT molecular complexity index is 1010. The van der Waals surface area contributed by atoms with Crippen molar-refractivity contribution in [2.24, 2.45) is 5.73 Å². The van der Waals surface area contributed by atoms with Crippen molar-refractivity contribution >= 4 is 17.2 Å². The third-order valence-electron chi connectivity index (χ3n) is 3.97. The summed E-state index contributed by atoms with van der Waals surface area (Å²) in [7, 11) is 0. The van der Waals surface area contributed by atoms with E-state index in [2.05, 4.69) is 25.2 Å². The lowest BCUT2D eigenvalue weighted by Gasteiger charge is -2.15. The van der Waals surface area contributed by atoms with Crippen LogP contribution in [0.5, 0.6) is 5.75 Å². The average Bonchev–Trinajstić information content (AvgIpc) is 3.17. The summed E-state index contributed by atoms with van der Waals surface area (Å²) in [6.07, 6.45) is -2.69. The van der Waals surface area contributed by atoms with Gasteiger partial charge in [-0.15, -0.1) is 23.4 Å². The standard InChI is InChI=1S/C19H18F3N5O2S/c1-11(28)25-16(7-12-5-6-14(9-23)24-10-12)18-27-26-17(30-18)13-3-2-4-15(8-13)29-19(20,21)22/h2-6,8,10,16H,7,9,23H2,1H3,(H,25,28). The van der Waals surface area contributed by atoms with Crippen LogP contribution in [-0.4, -0.2) is 27.5 Å². The van der Waals surface area contributed by atoms with Gasteiger partial charge in [0, 0.05) is 31.6 Å². The number of nitrogens with one attached hydrogen (secondary N) is 1. The number of pyridine rings is 1. The Labute approximate surface area is 174 Å². The average molecular weight is 437 g/mol. The molecule has 0 fully saturated rings. The van der Waals surface area contributed by atoms with Gasteiger partial charge in [0.25, 0.3) is 0 Å². The molecule has 0 radical (unpaired) electrons. The van der Waals surface area contributed by atoms with Gasteiger partial charge >= 0.3 is 6.36 Å². The molecule has 0 spiro atoms. The lowest BCUT2D eigenvalue weighted by atomic mass is 10.1. The second-order valence-corrected chi connectivity index (χ2v) is 7.35. The fourth-order valence-corrected chi connectivity index (χ4v) is 3.59. The minimum absolute atomic E-state index is 0.246. The van der Waals surface area contributed by atoms with E-state index in [1.54, 1.807) is 18.3 Å². The molecule has 2 aromatic heterocycles. The van der Waals surface area contributed by atoms with Gasteiger partial charge in [-0.1, -0.05) is 29.5 Å². The summed E-state index contributed by atoms with van der Waals surface area (Å²) in [6, 6.07) is 8.69. The minimum atomic E-state index is -4.78. The summed E-state index contributed by atoms with van der Waals surface area (Å²) < 4.78 is 41.3. The highest BCUT2D eigenvalue weighted by atomic mass is 32.1. The van der Waals surface area contributed by atoms with E-state index in [9.17, 15) is 18.0 Å². The molecule has 7 nitrogen and oxygen atoms in total. The van der Waals surface area contributed by atoms with Crippen molar-refractivity contribution in [3.05, 3.63) is 58.9 Å². The molecule has 1 unspecified atom stereocenters. The third-order valence-corrected chi connectivity index (χ3v) is 5.05. The Hall–Kier alpha value is -3.05. The van der Waals surface area contributed by atoms with Crippen molar-refractivity contribution in [1.29, 1.82) is 0 Å². The van der Waals surface area contributed by atoms with Crippen molar-refractivity contribution in [1.82, 2.24) is 20.5 Å². The van der Waals surface area contributed by atoms with Gasteiger partial charge in [-0.25, -0.2) is 0 Å². The van der Waals surface area contributed by atoms with Gasteiger partial charge in [0.1, 0.15) is 15.8 Å².